The summed E-state index contributed by atoms with van der Waals surface area (Å²) in [6.45, 7) is 2.28. The molecule has 11 heteroatoms. The molecule has 0 spiro atoms. The molecule has 1 atom stereocenters. The molecule has 2 aliphatic heterocycles. The van der Waals surface area contributed by atoms with Crippen molar-refractivity contribution in [2.75, 3.05) is 40.0 Å². The lowest BCUT2D eigenvalue weighted by atomic mass is 10.2. The summed E-state index contributed by atoms with van der Waals surface area (Å²) in [6, 6.07) is 4.83. The number of morpholine rings is 1. The van der Waals surface area contributed by atoms with Crippen LogP contribution in [0.25, 0.3) is 0 Å². The smallest absolute Gasteiger partial charge is 0.262 e. The molecule has 2 aliphatic rings. The van der Waals surface area contributed by atoms with Crippen molar-refractivity contribution in [3.63, 3.8) is 0 Å². The van der Waals surface area contributed by atoms with Crippen LogP contribution in [0.1, 0.15) is 6.42 Å². The van der Waals surface area contributed by atoms with Crippen LogP contribution in [0.5, 0.6) is 5.75 Å². The molecule has 2 N–H and O–H groups in total. The third-order valence-corrected chi connectivity index (χ3v) is 6.33. The van der Waals surface area contributed by atoms with Crippen molar-refractivity contribution in [2.24, 2.45) is 5.10 Å². The number of carbonyl (C=O) groups is 1. The maximum Gasteiger partial charge on any atom is 0.262 e. The summed E-state index contributed by atoms with van der Waals surface area (Å²) in [7, 11) is -2.47. The van der Waals surface area contributed by atoms with Crippen LogP contribution in [0.2, 0.25) is 0 Å². The van der Waals surface area contributed by atoms with Crippen LogP contribution in [0.4, 0.5) is 0 Å². The van der Waals surface area contributed by atoms with Crippen molar-refractivity contribution in [1.29, 1.82) is 0 Å². The van der Waals surface area contributed by atoms with E-state index in [4.69, 9.17) is 14.7 Å². The number of ether oxygens (including phenoxy) is 2. The number of hydrazone groups is 1. The topological polar surface area (TPSA) is 121 Å². The Morgan fingerprint density at radius 1 is 1.30 bits per heavy atom. The summed E-state index contributed by atoms with van der Waals surface area (Å²) >= 11 is 0. The first-order chi connectivity index (χ1) is 13.0. The third-order valence-electron chi connectivity index (χ3n) is 4.46. The molecule has 0 aliphatic carbocycles. The van der Waals surface area contributed by atoms with Gasteiger partial charge in [-0.05, 0) is 24.3 Å². The van der Waals surface area contributed by atoms with Crippen molar-refractivity contribution in [2.45, 2.75) is 17.4 Å². The molecular formula is C16H22N4O6S. The summed E-state index contributed by atoms with van der Waals surface area (Å²) in [4.78, 5) is 12.1. The Morgan fingerprint density at radius 2 is 1.96 bits per heavy atom. The average molecular weight is 398 g/mol. The molecule has 10 nitrogen and oxygen atoms in total. The number of nitrogens with one attached hydrogen (secondary N) is 1. The number of nitrogens with zero attached hydrogens (tertiary/aromatic N) is 3. The zero-order valence-electron chi connectivity index (χ0n) is 14.9. The Bertz CT molecular complexity index is 805. The highest BCUT2D eigenvalue weighted by molar-refractivity contribution is 7.89. The van der Waals surface area contributed by atoms with E-state index < -0.39 is 22.0 Å². The summed E-state index contributed by atoms with van der Waals surface area (Å²) < 4.78 is 37.4. The van der Waals surface area contributed by atoms with Crippen LogP contribution >= 0.6 is 0 Å². The minimum Gasteiger partial charge on any atom is -0.497 e. The van der Waals surface area contributed by atoms with Crippen LogP contribution in [0.3, 0.4) is 0 Å². The minimum absolute atomic E-state index is 0.0240. The number of hydrogen-bond donors (Lipinski definition) is 2. The fourth-order valence-electron chi connectivity index (χ4n) is 3.04. The lowest BCUT2D eigenvalue weighted by Crippen LogP contribution is -2.45. The average Bonchev–Trinajstić information content (AvgIpc) is 3.13. The Labute approximate surface area is 157 Å². The molecule has 0 radical (unpaired) electrons. The third kappa shape index (κ3) is 4.21. The first-order valence-electron chi connectivity index (χ1n) is 8.44. The summed E-state index contributed by atoms with van der Waals surface area (Å²) in [5, 5.41) is 15.3. The van der Waals surface area contributed by atoms with Gasteiger partial charge in [0.25, 0.3) is 5.91 Å². The summed E-state index contributed by atoms with van der Waals surface area (Å²) in [6.07, 6.45) is 0.110. The van der Waals surface area contributed by atoms with E-state index >= 15 is 0 Å². The number of rotatable bonds is 5. The maximum absolute atomic E-state index is 13.0. The maximum atomic E-state index is 13.0. The SMILES string of the molecule is COc1ccc(S(=O)(=O)N2C/C(=N\N3CCOCC3)C[C@H]2C(=O)NO)cc1. The van der Waals surface area contributed by atoms with Gasteiger partial charge < -0.3 is 9.47 Å². The zero-order valence-corrected chi connectivity index (χ0v) is 15.7. The number of amides is 1. The first-order valence-corrected chi connectivity index (χ1v) is 9.88. The van der Waals surface area contributed by atoms with E-state index in [2.05, 4.69) is 5.10 Å². The van der Waals surface area contributed by atoms with Gasteiger partial charge in [0.1, 0.15) is 11.8 Å². The number of hydroxylamine groups is 1. The van der Waals surface area contributed by atoms with Gasteiger partial charge in [-0.1, -0.05) is 0 Å². The molecule has 0 aromatic heterocycles. The van der Waals surface area contributed by atoms with E-state index in [0.717, 1.165) is 4.31 Å². The number of hydrogen-bond acceptors (Lipinski definition) is 8. The van der Waals surface area contributed by atoms with Crippen molar-refractivity contribution in [3.8, 4) is 5.75 Å². The van der Waals surface area contributed by atoms with Crippen LogP contribution in [-0.2, 0) is 19.6 Å². The second kappa shape index (κ2) is 8.21. The highest BCUT2D eigenvalue weighted by Gasteiger charge is 2.42. The van der Waals surface area contributed by atoms with E-state index in [1.165, 1.54) is 31.4 Å². The molecule has 0 unspecified atom stereocenters. The molecule has 27 heavy (non-hydrogen) atoms. The molecule has 148 valence electrons. The predicted octanol–water partition coefficient (Wildman–Crippen LogP) is -0.348. The van der Waals surface area contributed by atoms with Crippen molar-refractivity contribution < 1.29 is 27.9 Å². The fourth-order valence-corrected chi connectivity index (χ4v) is 4.61. The second-order valence-corrected chi connectivity index (χ2v) is 8.04. The highest BCUT2D eigenvalue weighted by Crippen LogP contribution is 2.27. The van der Waals surface area contributed by atoms with Crippen LogP contribution in [-0.4, -0.2) is 80.6 Å². The van der Waals surface area contributed by atoms with Crippen LogP contribution < -0.4 is 10.2 Å². The number of sulfonamides is 1. The standard InChI is InChI=1S/C16H22N4O6S/c1-25-13-2-4-14(5-3-13)27(23,24)20-11-12(10-15(20)16(21)18-22)17-19-6-8-26-9-7-19/h2-5,15,22H,6-11H2,1H3,(H,18,21)/b17-12-/t15-/m0/s1. The molecule has 2 fully saturated rings. The van der Waals surface area contributed by atoms with Gasteiger partial charge in [0, 0.05) is 6.42 Å². The lowest BCUT2D eigenvalue weighted by molar-refractivity contribution is -0.132. The molecule has 1 aromatic rings. The number of carbonyl (C=O) groups excluding carboxylic acids is 1. The van der Waals surface area contributed by atoms with Gasteiger partial charge in [-0.15, -0.1) is 0 Å². The molecule has 3 rings (SSSR count). The molecular weight excluding hydrogens is 376 g/mol. The van der Waals surface area contributed by atoms with Gasteiger partial charge in [0.15, 0.2) is 0 Å². The Morgan fingerprint density at radius 3 is 2.56 bits per heavy atom. The number of methoxy groups -OCH3 is 1. The molecule has 0 bridgehead atoms. The predicted molar refractivity (Wildman–Crippen MR) is 95.0 cm³/mol. The largest absolute Gasteiger partial charge is 0.497 e. The van der Waals surface area contributed by atoms with Gasteiger partial charge in [-0.25, -0.2) is 13.9 Å². The molecule has 1 amide bonds. The van der Waals surface area contributed by atoms with Crippen molar-refractivity contribution >= 4 is 21.6 Å². The Kier molecular flexibility index (Phi) is 5.95. The van der Waals surface area contributed by atoms with Gasteiger partial charge in [-0.3, -0.25) is 15.0 Å². The van der Waals surface area contributed by atoms with Gasteiger partial charge in [0.2, 0.25) is 10.0 Å². The summed E-state index contributed by atoms with van der Waals surface area (Å²) in [5.74, 6) is -0.270. The summed E-state index contributed by atoms with van der Waals surface area (Å²) in [5.41, 5.74) is 2.11. The molecule has 0 saturated carbocycles. The quantitative estimate of drug-likeness (QED) is 0.514. The number of benzene rings is 1. The molecule has 2 heterocycles. The van der Waals surface area contributed by atoms with E-state index in [1.807, 2.05) is 0 Å². The van der Waals surface area contributed by atoms with Crippen molar-refractivity contribution in [1.82, 2.24) is 14.8 Å². The van der Waals surface area contributed by atoms with Crippen LogP contribution in [0.15, 0.2) is 34.3 Å². The lowest BCUT2D eigenvalue weighted by Gasteiger charge is -2.24. The van der Waals surface area contributed by atoms with E-state index in [-0.39, 0.29) is 17.9 Å². The molecule has 1 aromatic carbocycles. The van der Waals surface area contributed by atoms with Gasteiger partial charge >= 0.3 is 0 Å². The molecule has 2 saturated heterocycles. The Hall–Kier alpha value is -2.21. The van der Waals surface area contributed by atoms with E-state index in [9.17, 15) is 13.2 Å². The fraction of sp³-hybridized carbons (Fsp3) is 0.500. The highest BCUT2D eigenvalue weighted by atomic mass is 32.2. The van der Waals surface area contributed by atoms with E-state index in [0.29, 0.717) is 37.8 Å². The minimum atomic E-state index is -3.96. The van der Waals surface area contributed by atoms with Gasteiger partial charge in [0.05, 0.1) is 50.6 Å². The Balaban J connectivity index is 1.87. The van der Waals surface area contributed by atoms with Crippen molar-refractivity contribution in [3.05, 3.63) is 24.3 Å². The normalized spacial score (nSPS) is 22.8. The zero-order chi connectivity index (χ0) is 19.4. The first kappa shape index (κ1) is 19.5. The van der Waals surface area contributed by atoms with Gasteiger partial charge in [-0.2, -0.15) is 9.41 Å². The second-order valence-electron chi connectivity index (χ2n) is 6.15. The monoisotopic (exact) mass is 398 g/mol. The van der Waals surface area contributed by atoms with Crippen LogP contribution in [0, 0.1) is 0 Å². The van der Waals surface area contributed by atoms with E-state index in [1.54, 1.807) is 10.5 Å².